The number of unbranched alkanes of at least 4 members (excludes halogenated alkanes) is 39. The van der Waals surface area contributed by atoms with E-state index in [9.17, 15) is 34.5 Å². The van der Waals surface area contributed by atoms with Crippen LogP contribution < -0.4 is 0 Å². The van der Waals surface area contributed by atoms with Crippen molar-refractivity contribution in [2.24, 2.45) is 0 Å². The van der Waals surface area contributed by atoms with Crippen LogP contribution in [0, 0.1) is 0 Å². The lowest BCUT2D eigenvalue weighted by molar-refractivity contribution is -0.301. The molecular weight excluding hydrogens is 1020 g/mol. The van der Waals surface area contributed by atoms with Crippen molar-refractivity contribution in [2.75, 3.05) is 13.2 Å². The van der Waals surface area contributed by atoms with Gasteiger partial charge in [0.05, 0.1) is 6.61 Å². The van der Waals surface area contributed by atoms with Crippen LogP contribution in [0.2, 0.25) is 0 Å². The van der Waals surface area contributed by atoms with Crippen molar-refractivity contribution in [1.82, 2.24) is 0 Å². The molecule has 1 aliphatic heterocycles. The molecule has 472 valence electrons. The number of carboxylic acids is 1. The van der Waals surface area contributed by atoms with Gasteiger partial charge in [-0.05, 0) is 57.8 Å². The van der Waals surface area contributed by atoms with Crippen molar-refractivity contribution < 1.29 is 58.2 Å². The van der Waals surface area contributed by atoms with Crippen LogP contribution in [-0.4, -0.2) is 89.2 Å². The number of aliphatic hydroxyl groups excluding tert-OH is 2. The Morgan fingerprint density at radius 1 is 0.407 bits per heavy atom. The number of carboxylic acid groups (broad SMARTS) is 1. The van der Waals surface area contributed by atoms with Crippen molar-refractivity contribution in [3.05, 3.63) is 36.5 Å². The Morgan fingerprint density at radius 2 is 0.741 bits per heavy atom. The van der Waals surface area contributed by atoms with Gasteiger partial charge < -0.3 is 39.0 Å². The summed E-state index contributed by atoms with van der Waals surface area (Å²) in [4.78, 5) is 51.4. The Bertz CT molecular complexity index is 1550. The standard InChI is InChI=1S/C69H124O12/c1-4-7-10-13-16-19-22-25-28-30-31-33-36-39-42-45-48-51-54-57-63(72)80-67-65(74)64(73)66(68(75)76)81-69(67)78-59-60(79-62(71)56-53-50-47-44-41-38-34-27-24-21-18-15-12-9-6-3)58-77-61(70)55-52-49-46-43-40-37-35-32-29-26-23-20-17-14-11-8-5-2/h16,19,25,28,31,33,60,64-67,69,73-74H,4-15,17-18,20-24,26-27,29-30,32,34-59H2,1-3H3,(H,75,76)/b19-16-,28-25-,33-31-. The van der Waals surface area contributed by atoms with E-state index in [0.717, 1.165) is 89.9 Å². The fourth-order valence-corrected chi connectivity index (χ4v) is 10.5. The fourth-order valence-electron chi connectivity index (χ4n) is 10.5. The second-order valence-corrected chi connectivity index (χ2v) is 23.5. The number of aliphatic carboxylic acids is 1. The maximum atomic E-state index is 13.2. The Morgan fingerprint density at radius 3 is 1.15 bits per heavy atom. The largest absolute Gasteiger partial charge is 0.479 e. The molecule has 0 aromatic rings. The van der Waals surface area contributed by atoms with Gasteiger partial charge >= 0.3 is 23.9 Å². The summed E-state index contributed by atoms with van der Waals surface area (Å²) in [7, 11) is 0. The van der Waals surface area contributed by atoms with E-state index in [4.69, 9.17) is 23.7 Å². The zero-order chi connectivity index (χ0) is 58.9. The third kappa shape index (κ3) is 46.9. The molecule has 0 bridgehead atoms. The average molecular weight is 1150 g/mol. The molecule has 0 radical (unpaired) electrons. The summed E-state index contributed by atoms with van der Waals surface area (Å²) in [6.45, 7) is 6.03. The summed E-state index contributed by atoms with van der Waals surface area (Å²) in [6, 6.07) is 0. The number of aliphatic hydroxyl groups is 2. The molecule has 0 saturated carbocycles. The summed E-state index contributed by atoms with van der Waals surface area (Å²) >= 11 is 0. The van der Waals surface area contributed by atoms with Crippen molar-refractivity contribution in [2.45, 2.75) is 366 Å². The van der Waals surface area contributed by atoms with Gasteiger partial charge in [-0.15, -0.1) is 0 Å². The first-order valence-electron chi connectivity index (χ1n) is 34.0. The first kappa shape index (κ1) is 76.0. The highest BCUT2D eigenvalue weighted by Gasteiger charge is 2.50. The molecule has 12 nitrogen and oxygen atoms in total. The molecule has 0 aliphatic carbocycles. The fraction of sp³-hybridized carbons (Fsp3) is 0.855. The van der Waals surface area contributed by atoms with E-state index in [1.165, 1.54) is 180 Å². The van der Waals surface area contributed by atoms with Gasteiger partial charge in [0.25, 0.3) is 0 Å². The second-order valence-electron chi connectivity index (χ2n) is 23.5. The van der Waals surface area contributed by atoms with Gasteiger partial charge in [-0.3, -0.25) is 14.4 Å². The van der Waals surface area contributed by atoms with E-state index < -0.39 is 67.3 Å². The molecular formula is C69H124O12. The third-order valence-corrected chi connectivity index (χ3v) is 15.7. The Labute approximate surface area is 495 Å². The lowest BCUT2D eigenvalue weighted by atomic mass is 9.98. The Balaban J connectivity index is 2.63. The highest BCUT2D eigenvalue weighted by molar-refractivity contribution is 5.74. The smallest absolute Gasteiger partial charge is 0.335 e. The van der Waals surface area contributed by atoms with Gasteiger partial charge in [-0.1, -0.05) is 288 Å². The molecule has 12 heteroatoms. The normalized spacial score (nSPS) is 17.9. The number of hydrogen-bond acceptors (Lipinski definition) is 11. The molecule has 1 aliphatic rings. The van der Waals surface area contributed by atoms with Gasteiger partial charge in [0.1, 0.15) is 18.8 Å². The number of esters is 3. The van der Waals surface area contributed by atoms with Crippen LogP contribution in [0.25, 0.3) is 0 Å². The SMILES string of the molecule is CCCCC/C=C\C/C=C\C/C=C\CCCCCCCCC(=O)OC1C(OCC(COC(=O)CCCCCCCCCCCCCCCCCCC)OC(=O)CCCCCCCCCCCCCCCCC)OC(C(=O)O)C(O)C1O. The number of ether oxygens (including phenoxy) is 5. The van der Waals surface area contributed by atoms with E-state index in [1.54, 1.807) is 0 Å². The number of rotatable bonds is 59. The van der Waals surface area contributed by atoms with Gasteiger partial charge in [-0.25, -0.2) is 4.79 Å². The number of hydrogen-bond donors (Lipinski definition) is 3. The number of allylic oxidation sites excluding steroid dienone is 6. The molecule has 1 saturated heterocycles. The van der Waals surface area contributed by atoms with Crippen LogP contribution in [0.1, 0.15) is 329 Å². The molecule has 0 amide bonds. The first-order valence-corrected chi connectivity index (χ1v) is 34.0. The average Bonchev–Trinajstić information content (AvgIpc) is 3.54. The van der Waals surface area contributed by atoms with E-state index in [2.05, 4.69) is 57.2 Å². The van der Waals surface area contributed by atoms with E-state index in [-0.39, 0.29) is 25.9 Å². The van der Waals surface area contributed by atoms with Gasteiger partial charge in [0, 0.05) is 19.3 Å². The minimum atomic E-state index is -1.90. The first-order chi connectivity index (χ1) is 39.6. The summed E-state index contributed by atoms with van der Waals surface area (Å²) < 4.78 is 28.6. The van der Waals surface area contributed by atoms with Crippen LogP contribution in [0.4, 0.5) is 0 Å². The zero-order valence-corrected chi connectivity index (χ0v) is 52.3. The van der Waals surface area contributed by atoms with E-state index in [1.807, 2.05) is 0 Å². The molecule has 3 N–H and O–H groups in total. The summed E-state index contributed by atoms with van der Waals surface area (Å²) in [5.41, 5.74) is 0. The highest BCUT2D eigenvalue weighted by atomic mass is 16.7. The van der Waals surface area contributed by atoms with Crippen molar-refractivity contribution in [1.29, 1.82) is 0 Å². The molecule has 6 unspecified atom stereocenters. The Hall–Kier alpha value is -3.06. The van der Waals surface area contributed by atoms with Crippen LogP contribution in [0.15, 0.2) is 36.5 Å². The molecule has 1 heterocycles. The van der Waals surface area contributed by atoms with E-state index >= 15 is 0 Å². The molecule has 6 atom stereocenters. The van der Waals surface area contributed by atoms with Crippen LogP contribution in [-0.2, 0) is 42.9 Å². The molecule has 81 heavy (non-hydrogen) atoms. The molecule has 1 fully saturated rings. The van der Waals surface area contributed by atoms with Crippen molar-refractivity contribution >= 4 is 23.9 Å². The molecule has 0 aromatic carbocycles. The monoisotopic (exact) mass is 1140 g/mol. The predicted octanol–water partition coefficient (Wildman–Crippen LogP) is 18.4. The van der Waals surface area contributed by atoms with E-state index in [0.29, 0.717) is 19.3 Å². The van der Waals surface area contributed by atoms with Crippen LogP contribution in [0.5, 0.6) is 0 Å². The molecule has 0 aromatic heterocycles. The van der Waals surface area contributed by atoms with Crippen molar-refractivity contribution in [3.63, 3.8) is 0 Å². The quantitative estimate of drug-likeness (QED) is 0.0228. The second kappa shape index (κ2) is 57.4. The topological polar surface area (TPSA) is 175 Å². The summed E-state index contributed by atoms with van der Waals surface area (Å²) in [5, 5.41) is 31.6. The van der Waals surface area contributed by atoms with Crippen molar-refractivity contribution in [3.8, 4) is 0 Å². The lowest BCUT2D eigenvalue weighted by Gasteiger charge is -2.40. The summed E-state index contributed by atoms with van der Waals surface area (Å²) in [6.07, 6.45) is 56.6. The molecule has 1 rings (SSSR count). The summed E-state index contributed by atoms with van der Waals surface area (Å²) in [5.74, 6) is -3.09. The maximum absolute atomic E-state index is 13.2. The van der Waals surface area contributed by atoms with Crippen LogP contribution in [0.3, 0.4) is 0 Å². The maximum Gasteiger partial charge on any atom is 0.335 e. The minimum absolute atomic E-state index is 0.0498. The predicted molar refractivity (Wildman–Crippen MR) is 331 cm³/mol. The highest BCUT2D eigenvalue weighted by Crippen LogP contribution is 2.27. The zero-order valence-electron chi connectivity index (χ0n) is 52.3. The van der Waals surface area contributed by atoms with Crippen LogP contribution >= 0.6 is 0 Å². The van der Waals surface area contributed by atoms with Gasteiger partial charge in [-0.2, -0.15) is 0 Å². The van der Waals surface area contributed by atoms with Gasteiger partial charge in [0.2, 0.25) is 0 Å². The number of carbonyl (C=O) groups is 4. The lowest BCUT2D eigenvalue weighted by Crippen LogP contribution is -2.61. The minimum Gasteiger partial charge on any atom is -0.479 e. The number of carbonyl (C=O) groups excluding carboxylic acids is 3. The van der Waals surface area contributed by atoms with Gasteiger partial charge in [0.15, 0.2) is 24.6 Å². The third-order valence-electron chi connectivity index (χ3n) is 15.7. The molecule has 0 spiro atoms. The Kier molecular flexibility index (Phi) is 53.8.